The molecule has 8 heteroatoms. The largest absolute Gasteiger partial charge is 0.493 e. The summed E-state index contributed by atoms with van der Waals surface area (Å²) in [5.41, 5.74) is 2.76. The maximum atomic E-state index is 12.8. The lowest BCUT2D eigenvalue weighted by molar-refractivity contribution is 0.0909. The Morgan fingerprint density at radius 1 is 0.947 bits per heavy atom. The number of nitrogens with one attached hydrogen (secondary N) is 1. The number of likely N-dealkylation sites (tertiary alicyclic amines) is 1. The van der Waals surface area contributed by atoms with Crippen molar-refractivity contribution in [2.75, 3.05) is 25.4 Å². The molecule has 1 saturated heterocycles. The first-order valence-electron chi connectivity index (χ1n) is 13.0. The molecule has 0 saturated carbocycles. The average Bonchev–Trinajstić information content (AvgIpc) is 3.44. The third kappa shape index (κ3) is 7.46. The number of ether oxygens (including phenoxy) is 1. The molecule has 1 aromatic heterocycles. The number of para-hydroxylation sites is 1. The highest BCUT2D eigenvalue weighted by molar-refractivity contribution is 7.98. The molecule has 7 nitrogen and oxygen atoms in total. The number of carbonyl (C=O) groups is 1. The number of benzene rings is 3. The third-order valence-electron chi connectivity index (χ3n) is 6.50. The second-order valence-corrected chi connectivity index (χ2v) is 10.4. The molecule has 0 bridgehead atoms. The standard InChI is InChI=1S/C30H32N4O3S/c35-29(31-26-15-17-34(18-16-26)21-23-7-3-1-4-8-23)24-11-13-25(14-12-24)30-33-32-28(37-30)22-38-20-19-36-27-9-5-2-6-10-27/h1-14,26H,15-22H2,(H,31,35). The molecule has 0 radical (unpaired) electrons. The zero-order chi connectivity index (χ0) is 26.0. The van der Waals surface area contributed by atoms with Crippen LogP contribution in [0.15, 0.2) is 89.3 Å². The Morgan fingerprint density at radius 3 is 2.39 bits per heavy atom. The van der Waals surface area contributed by atoms with Crippen molar-refractivity contribution in [1.29, 1.82) is 0 Å². The number of thioether (sulfide) groups is 1. The van der Waals surface area contributed by atoms with E-state index in [2.05, 4.69) is 44.7 Å². The van der Waals surface area contributed by atoms with E-state index in [0.717, 1.165) is 49.5 Å². The first-order valence-corrected chi connectivity index (χ1v) is 14.1. The van der Waals surface area contributed by atoms with Crippen LogP contribution in [0.5, 0.6) is 5.75 Å². The minimum absolute atomic E-state index is 0.0431. The van der Waals surface area contributed by atoms with E-state index < -0.39 is 0 Å². The van der Waals surface area contributed by atoms with Gasteiger partial charge < -0.3 is 14.5 Å². The predicted octanol–water partition coefficient (Wildman–Crippen LogP) is 5.44. The topological polar surface area (TPSA) is 80.5 Å². The summed E-state index contributed by atoms with van der Waals surface area (Å²) in [5.74, 6) is 3.30. The molecule has 2 heterocycles. The van der Waals surface area contributed by atoms with Gasteiger partial charge in [-0.05, 0) is 54.8 Å². The molecular weight excluding hydrogens is 496 g/mol. The monoisotopic (exact) mass is 528 g/mol. The molecule has 196 valence electrons. The van der Waals surface area contributed by atoms with Crippen LogP contribution in [0, 0.1) is 0 Å². The number of amides is 1. The SMILES string of the molecule is O=C(NC1CCN(Cc2ccccc2)CC1)c1ccc(-c2nnc(CSCCOc3ccccc3)o2)cc1. The Morgan fingerprint density at radius 2 is 1.66 bits per heavy atom. The third-order valence-corrected chi connectivity index (χ3v) is 7.40. The van der Waals surface area contributed by atoms with Gasteiger partial charge in [0.1, 0.15) is 5.75 Å². The second kappa shape index (κ2) is 13.3. The quantitative estimate of drug-likeness (QED) is 0.260. The van der Waals surface area contributed by atoms with E-state index >= 15 is 0 Å². The summed E-state index contributed by atoms with van der Waals surface area (Å²) in [6, 6.07) is 27.8. The normalized spacial score (nSPS) is 14.3. The van der Waals surface area contributed by atoms with Crippen molar-refractivity contribution < 1.29 is 13.9 Å². The molecule has 0 aliphatic carbocycles. The van der Waals surface area contributed by atoms with Crippen LogP contribution in [0.1, 0.15) is 34.7 Å². The fourth-order valence-electron chi connectivity index (χ4n) is 4.43. The Hall–Kier alpha value is -3.62. The van der Waals surface area contributed by atoms with Crippen molar-refractivity contribution >= 4 is 17.7 Å². The smallest absolute Gasteiger partial charge is 0.251 e. The Balaban J connectivity index is 1.04. The van der Waals surface area contributed by atoms with E-state index in [1.165, 1.54) is 5.56 Å². The van der Waals surface area contributed by atoms with Crippen LogP contribution in [0.2, 0.25) is 0 Å². The molecule has 0 atom stereocenters. The lowest BCUT2D eigenvalue weighted by atomic mass is 10.0. The van der Waals surface area contributed by atoms with Crippen molar-refractivity contribution in [3.8, 4) is 17.2 Å². The van der Waals surface area contributed by atoms with Gasteiger partial charge in [-0.1, -0.05) is 48.5 Å². The summed E-state index contributed by atoms with van der Waals surface area (Å²) in [4.78, 5) is 15.3. The van der Waals surface area contributed by atoms with Crippen LogP contribution in [0.25, 0.3) is 11.5 Å². The summed E-state index contributed by atoms with van der Waals surface area (Å²) in [5, 5.41) is 11.5. The van der Waals surface area contributed by atoms with Crippen LogP contribution < -0.4 is 10.1 Å². The minimum Gasteiger partial charge on any atom is -0.493 e. The Kier molecular flexibility index (Phi) is 9.07. The molecule has 0 unspecified atom stereocenters. The van der Waals surface area contributed by atoms with E-state index in [4.69, 9.17) is 9.15 Å². The summed E-state index contributed by atoms with van der Waals surface area (Å²) < 4.78 is 11.5. The molecule has 4 aromatic rings. The van der Waals surface area contributed by atoms with Gasteiger partial charge in [0, 0.05) is 42.6 Å². The van der Waals surface area contributed by atoms with Crippen molar-refractivity contribution in [3.63, 3.8) is 0 Å². The average molecular weight is 529 g/mol. The molecule has 1 aliphatic heterocycles. The number of piperidine rings is 1. The van der Waals surface area contributed by atoms with Gasteiger partial charge in [-0.15, -0.1) is 22.0 Å². The molecule has 1 amide bonds. The van der Waals surface area contributed by atoms with Crippen molar-refractivity contribution in [1.82, 2.24) is 20.4 Å². The van der Waals surface area contributed by atoms with E-state index in [0.29, 0.717) is 29.7 Å². The highest BCUT2D eigenvalue weighted by Crippen LogP contribution is 2.21. The Bertz CT molecular complexity index is 1270. The van der Waals surface area contributed by atoms with E-state index in [1.54, 1.807) is 11.8 Å². The van der Waals surface area contributed by atoms with E-state index in [-0.39, 0.29) is 11.9 Å². The lowest BCUT2D eigenvalue weighted by Crippen LogP contribution is -2.44. The van der Waals surface area contributed by atoms with Crippen LogP contribution in [-0.4, -0.2) is 52.5 Å². The maximum Gasteiger partial charge on any atom is 0.251 e. The number of rotatable bonds is 11. The van der Waals surface area contributed by atoms with Gasteiger partial charge in [0.15, 0.2) is 0 Å². The second-order valence-electron chi connectivity index (χ2n) is 9.30. The van der Waals surface area contributed by atoms with Gasteiger partial charge in [-0.25, -0.2) is 0 Å². The zero-order valence-electron chi connectivity index (χ0n) is 21.3. The molecule has 3 aromatic carbocycles. The number of hydrogen-bond acceptors (Lipinski definition) is 7. The fourth-order valence-corrected chi connectivity index (χ4v) is 5.07. The Labute approximate surface area is 227 Å². The first-order chi connectivity index (χ1) is 18.7. The minimum atomic E-state index is -0.0431. The van der Waals surface area contributed by atoms with Gasteiger partial charge in [-0.2, -0.15) is 0 Å². The van der Waals surface area contributed by atoms with E-state index in [9.17, 15) is 4.79 Å². The number of nitrogens with zero attached hydrogens (tertiary/aromatic N) is 3. The number of aromatic nitrogens is 2. The number of hydrogen-bond donors (Lipinski definition) is 1. The van der Waals surface area contributed by atoms with Crippen molar-refractivity contribution in [2.45, 2.75) is 31.2 Å². The van der Waals surface area contributed by atoms with Crippen LogP contribution in [-0.2, 0) is 12.3 Å². The number of carbonyl (C=O) groups excluding carboxylic acids is 1. The predicted molar refractivity (Wildman–Crippen MR) is 150 cm³/mol. The summed E-state index contributed by atoms with van der Waals surface area (Å²) >= 11 is 1.68. The van der Waals surface area contributed by atoms with Crippen LogP contribution in [0.3, 0.4) is 0 Å². The molecule has 1 N–H and O–H groups in total. The van der Waals surface area contributed by atoms with Gasteiger partial charge in [0.05, 0.1) is 12.4 Å². The highest BCUT2D eigenvalue weighted by Gasteiger charge is 2.21. The molecule has 1 fully saturated rings. The summed E-state index contributed by atoms with van der Waals surface area (Å²) in [6.07, 6.45) is 1.91. The maximum absolute atomic E-state index is 12.8. The van der Waals surface area contributed by atoms with Gasteiger partial charge in [0.25, 0.3) is 5.91 Å². The molecule has 5 rings (SSSR count). The summed E-state index contributed by atoms with van der Waals surface area (Å²) in [6.45, 7) is 3.54. The van der Waals surface area contributed by atoms with Gasteiger partial charge in [-0.3, -0.25) is 9.69 Å². The van der Waals surface area contributed by atoms with Crippen molar-refractivity contribution in [2.24, 2.45) is 0 Å². The van der Waals surface area contributed by atoms with E-state index in [1.807, 2.05) is 60.7 Å². The van der Waals surface area contributed by atoms with Gasteiger partial charge in [0.2, 0.25) is 11.8 Å². The fraction of sp³-hybridized carbons (Fsp3) is 0.300. The molecule has 0 spiro atoms. The first kappa shape index (κ1) is 26.0. The molecule has 38 heavy (non-hydrogen) atoms. The molecular formula is C30H32N4O3S. The lowest BCUT2D eigenvalue weighted by Gasteiger charge is -2.32. The van der Waals surface area contributed by atoms with Crippen LogP contribution >= 0.6 is 11.8 Å². The van der Waals surface area contributed by atoms with Crippen LogP contribution in [0.4, 0.5) is 0 Å². The van der Waals surface area contributed by atoms with Crippen molar-refractivity contribution in [3.05, 3.63) is 102 Å². The van der Waals surface area contributed by atoms with Gasteiger partial charge >= 0.3 is 0 Å². The highest BCUT2D eigenvalue weighted by atomic mass is 32.2. The summed E-state index contributed by atoms with van der Waals surface area (Å²) in [7, 11) is 0. The zero-order valence-corrected chi connectivity index (χ0v) is 22.1. The molecule has 1 aliphatic rings.